The van der Waals surface area contributed by atoms with Crippen LogP contribution in [0.2, 0.25) is 15.1 Å². The molecule has 1 aromatic heterocycles. The Balaban J connectivity index is 1.57. The van der Waals surface area contributed by atoms with Gasteiger partial charge in [0.05, 0.1) is 16.3 Å². The van der Waals surface area contributed by atoms with E-state index in [1.165, 1.54) is 0 Å². The second-order valence-electron chi connectivity index (χ2n) is 6.68. The van der Waals surface area contributed by atoms with E-state index in [0.717, 1.165) is 22.0 Å². The van der Waals surface area contributed by atoms with Crippen LogP contribution < -0.4 is 5.43 Å². The number of hydrogen-bond acceptors (Lipinski definition) is 2. The molecule has 4 nitrogen and oxygen atoms in total. The number of nitrogens with zero attached hydrogens (tertiary/aromatic N) is 2. The Morgan fingerprint density at radius 3 is 2.50 bits per heavy atom. The first kappa shape index (κ1) is 20.5. The zero-order valence-electron chi connectivity index (χ0n) is 15.6. The van der Waals surface area contributed by atoms with Gasteiger partial charge in [-0.15, -0.1) is 0 Å². The number of hydrogen-bond donors (Lipinski definition) is 1. The smallest absolute Gasteiger partial charge is 0.271 e. The van der Waals surface area contributed by atoms with Crippen molar-refractivity contribution in [3.8, 4) is 0 Å². The fraction of sp³-hybridized carbons (Fsp3) is 0.0435. The molecule has 0 unspecified atom stereocenters. The van der Waals surface area contributed by atoms with Crippen molar-refractivity contribution in [2.75, 3.05) is 0 Å². The lowest BCUT2D eigenvalue weighted by atomic mass is 10.2. The topological polar surface area (TPSA) is 46.4 Å². The monoisotopic (exact) mass is 455 g/mol. The Labute approximate surface area is 188 Å². The van der Waals surface area contributed by atoms with Gasteiger partial charge in [-0.2, -0.15) is 5.10 Å². The zero-order chi connectivity index (χ0) is 21.1. The van der Waals surface area contributed by atoms with Gasteiger partial charge in [0.2, 0.25) is 0 Å². The van der Waals surface area contributed by atoms with Crippen LogP contribution in [-0.4, -0.2) is 16.7 Å². The highest BCUT2D eigenvalue weighted by Crippen LogP contribution is 2.25. The number of halogens is 3. The minimum absolute atomic E-state index is 0.303. The molecule has 1 amide bonds. The number of fused-ring (bicyclic) bond motifs is 1. The average Bonchev–Trinajstić information content (AvgIpc) is 3.09. The molecule has 30 heavy (non-hydrogen) atoms. The van der Waals surface area contributed by atoms with E-state index in [9.17, 15) is 4.79 Å². The summed E-state index contributed by atoms with van der Waals surface area (Å²) in [6.45, 7) is 0.627. The molecule has 0 fully saturated rings. The first-order valence-electron chi connectivity index (χ1n) is 9.12. The second-order valence-corrected chi connectivity index (χ2v) is 7.93. The first-order valence-corrected chi connectivity index (χ1v) is 10.3. The zero-order valence-corrected chi connectivity index (χ0v) is 17.9. The lowest BCUT2D eigenvalue weighted by Crippen LogP contribution is -2.17. The van der Waals surface area contributed by atoms with Crippen molar-refractivity contribution < 1.29 is 4.79 Å². The van der Waals surface area contributed by atoms with Crippen molar-refractivity contribution in [2.45, 2.75) is 6.54 Å². The number of benzene rings is 3. The first-order chi connectivity index (χ1) is 14.5. The number of aromatic nitrogens is 1. The second kappa shape index (κ2) is 8.92. The van der Waals surface area contributed by atoms with E-state index in [1.54, 1.807) is 36.5 Å². The minimum atomic E-state index is -0.303. The number of nitrogens with one attached hydrogen (secondary N) is 1. The molecule has 1 N–H and O–H groups in total. The lowest BCUT2D eigenvalue weighted by Gasteiger charge is -2.06. The van der Waals surface area contributed by atoms with Crippen molar-refractivity contribution in [2.24, 2.45) is 5.10 Å². The lowest BCUT2D eigenvalue weighted by molar-refractivity contribution is 0.0955. The van der Waals surface area contributed by atoms with E-state index in [1.807, 2.05) is 42.6 Å². The van der Waals surface area contributed by atoms with E-state index in [-0.39, 0.29) is 5.91 Å². The standard InChI is InChI=1S/C23H16Cl3N3O/c24-18-8-6-16(7-9-18)23(30)28-27-12-17-14-29(22-4-2-1-3-19(17)22)13-15-5-10-20(25)21(26)11-15/h1-12,14H,13H2,(H,28,30)/b27-12+. The Kier molecular flexibility index (Phi) is 6.09. The number of carbonyl (C=O) groups excluding carboxylic acids is 1. The normalized spacial score (nSPS) is 11.3. The molecule has 0 spiro atoms. The van der Waals surface area contributed by atoms with E-state index < -0.39 is 0 Å². The van der Waals surface area contributed by atoms with Crippen LogP contribution in [0.4, 0.5) is 0 Å². The quantitative estimate of drug-likeness (QED) is 0.273. The van der Waals surface area contributed by atoms with Crippen LogP contribution in [0.3, 0.4) is 0 Å². The van der Waals surface area contributed by atoms with Crippen LogP contribution >= 0.6 is 34.8 Å². The fourth-order valence-electron chi connectivity index (χ4n) is 3.17. The van der Waals surface area contributed by atoms with E-state index in [0.29, 0.717) is 27.2 Å². The van der Waals surface area contributed by atoms with Crippen LogP contribution in [0.5, 0.6) is 0 Å². The summed E-state index contributed by atoms with van der Waals surface area (Å²) in [5.74, 6) is -0.303. The number of rotatable bonds is 5. The predicted octanol–water partition coefficient (Wildman–Crippen LogP) is 6.41. The predicted molar refractivity (Wildman–Crippen MR) is 124 cm³/mol. The number of hydrazone groups is 1. The molecule has 150 valence electrons. The third kappa shape index (κ3) is 4.51. The summed E-state index contributed by atoms with van der Waals surface area (Å²) < 4.78 is 2.11. The molecule has 4 aromatic rings. The van der Waals surface area contributed by atoms with Gasteiger partial charge in [0.15, 0.2) is 0 Å². The summed E-state index contributed by atoms with van der Waals surface area (Å²) >= 11 is 18.0. The molecule has 3 aromatic carbocycles. The fourth-order valence-corrected chi connectivity index (χ4v) is 3.62. The van der Waals surface area contributed by atoms with Gasteiger partial charge >= 0.3 is 0 Å². The minimum Gasteiger partial charge on any atom is -0.342 e. The van der Waals surface area contributed by atoms with Crippen LogP contribution in [0, 0.1) is 0 Å². The van der Waals surface area contributed by atoms with Crippen LogP contribution in [0.15, 0.2) is 78.0 Å². The summed E-state index contributed by atoms with van der Waals surface area (Å²) in [4.78, 5) is 12.2. The third-order valence-corrected chi connectivity index (χ3v) is 5.62. The van der Waals surface area contributed by atoms with Gasteiger partial charge in [-0.05, 0) is 48.0 Å². The van der Waals surface area contributed by atoms with E-state index in [4.69, 9.17) is 34.8 Å². The molecule has 0 aliphatic rings. The molecule has 0 aliphatic heterocycles. The van der Waals surface area contributed by atoms with E-state index >= 15 is 0 Å². The van der Waals surface area contributed by atoms with Gasteiger partial charge in [0.1, 0.15) is 0 Å². The van der Waals surface area contributed by atoms with Crippen molar-refractivity contribution in [1.29, 1.82) is 0 Å². The molecule has 0 saturated heterocycles. The molecule has 0 aliphatic carbocycles. The molecule has 7 heteroatoms. The number of para-hydroxylation sites is 1. The van der Waals surface area contributed by atoms with Crippen molar-refractivity contribution >= 4 is 57.8 Å². The maximum Gasteiger partial charge on any atom is 0.271 e. The summed E-state index contributed by atoms with van der Waals surface area (Å²) in [6, 6.07) is 20.2. The number of carbonyl (C=O) groups is 1. The Morgan fingerprint density at radius 1 is 0.967 bits per heavy atom. The van der Waals surface area contributed by atoms with Gasteiger partial charge in [0.25, 0.3) is 5.91 Å². The van der Waals surface area contributed by atoms with Crippen molar-refractivity contribution in [3.63, 3.8) is 0 Å². The highest BCUT2D eigenvalue weighted by molar-refractivity contribution is 6.42. The van der Waals surface area contributed by atoms with Gasteiger partial charge < -0.3 is 4.57 Å². The van der Waals surface area contributed by atoms with E-state index in [2.05, 4.69) is 15.1 Å². The molecule has 4 rings (SSSR count). The summed E-state index contributed by atoms with van der Waals surface area (Å²) in [7, 11) is 0. The van der Waals surface area contributed by atoms with Gasteiger partial charge in [0, 0.05) is 39.8 Å². The third-order valence-electron chi connectivity index (χ3n) is 4.63. The molecule has 0 bridgehead atoms. The summed E-state index contributed by atoms with van der Waals surface area (Å²) in [5.41, 5.74) is 6.01. The Morgan fingerprint density at radius 2 is 1.73 bits per heavy atom. The summed E-state index contributed by atoms with van der Waals surface area (Å²) in [5, 5.41) is 6.79. The van der Waals surface area contributed by atoms with Crippen molar-refractivity contribution in [1.82, 2.24) is 9.99 Å². The Bertz CT molecular complexity index is 1250. The SMILES string of the molecule is O=C(N/N=C/c1cn(Cc2ccc(Cl)c(Cl)c2)c2ccccc12)c1ccc(Cl)cc1. The molecule has 0 atom stereocenters. The van der Waals surface area contributed by atoms with Crippen molar-refractivity contribution in [3.05, 3.63) is 105 Å². The molecule has 0 saturated carbocycles. The molecule has 1 heterocycles. The van der Waals surface area contributed by atoms with Crippen LogP contribution in [-0.2, 0) is 6.54 Å². The maximum absolute atomic E-state index is 12.2. The van der Waals surface area contributed by atoms with Gasteiger partial charge in [-0.25, -0.2) is 5.43 Å². The largest absolute Gasteiger partial charge is 0.342 e. The van der Waals surface area contributed by atoms with Crippen LogP contribution in [0.1, 0.15) is 21.5 Å². The summed E-state index contributed by atoms with van der Waals surface area (Å²) in [6.07, 6.45) is 3.63. The van der Waals surface area contributed by atoms with Crippen LogP contribution in [0.25, 0.3) is 10.9 Å². The molecule has 0 radical (unpaired) electrons. The molecular formula is C23H16Cl3N3O. The van der Waals surface area contributed by atoms with Gasteiger partial charge in [-0.1, -0.05) is 59.1 Å². The molecular weight excluding hydrogens is 441 g/mol. The average molecular weight is 457 g/mol. The Hall–Kier alpha value is -2.79. The highest BCUT2D eigenvalue weighted by atomic mass is 35.5. The maximum atomic E-state index is 12.2. The van der Waals surface area contributed by atoms with Gasteiger partial charge in [-0.3, -0.25) is 4.79 Å². The number of amides is 1. The highest BCUT2D eigenvalue weighted by Gasteiger charge is 2.09.